The predicted molar refractivity (Wildman–Crippen MR) is 56.2 cm³/mol. The number of unbranched alkanes of at least 4 members (excludes halogenated alkanes) is 1. The molecule has 0 aromatic carbocycles. The third kappa shape index (κ3) is 8.71. The van der Waals surface area contributed by atoms with E-state index >= 15 is 0 Å². The summed E-state index contributed by atoms with van der Waals surface area (Å²) in [5.41, 5.74) is 1.21. The van der Waals surface area contributed by atoms with Gasteiger partial charge in [0.1, 0.15) is 0 Å². The summed E-state index contributed by atoms with van der Waals surface area (Å²) in [6, 6.07) is 6.07. The highest BCUT2D eigenvalue weighted by Crippen LogP contribution is 1.99. The van der Waals surface area contributed by atoms with E-state index < -0.39 is 5.97 Å². The van der Waals surface area contributed by atoms with Crippen molar-refractivity contribution in [2.75, 3.05) is 0 Å². The van der Waals surface area contributed by atoms with E-state index in [9.17, 15) is 0 Å². The second-order valence-corrected chi connectivity index (χ2v) is 2.94. The highest BCUT2D eigenvalue weighted by Gasteiger charge is 1.89. The van der Waals surface area contributed by atoms with Gasteiger partial charge in [-0.15, -0.1) is 0 Å². The van der Waals surface area contributed by atoms with Crippen LogP contribution in [-0.4, -0.2) is 16.1 Å². The van der Waals surface area contributed by atoms with Gasteiger partial charge in [0.25, 0.3) is 5.97 Å². The van der Waals surface area contributed by atoms with Gasteiger partial charge in [0.05, 0.1) is 0 Å². The van der Waals surface area contributed by atoms with Gasteiger partial charge in [0, 0.05) is 18.8 Å². The van der Waals surface area contributed by atoms with E-state index in [1.165, 1.54) is 18.5 Å². The van der Waals surface area contributed by atoms with Crippen molar-refractivity contribution in [1.29, 1.82) is 0 Å². The number of hydrogen-bond acceptors (Lipinski definition) is 2. The first-order chi connectivity index (χ1) is 6.66. The summed E-state index contributed by atoms with van der Waals surface area (Å²) in [6.45, 7) is 3.28. The van der Waals surface area contributed by atoms with Crippen molar-refractivity contribution in [2.24, 2.45) is 0 Å². The normalized spacial score (nSPS) is 8.71. The van der Waals surface area contributed by atoms with Crippen LogP contribution in [0.25, 0.3) is 0 Å². The minimum absolute atomic E-state index is 0.833. The van der Waals surface area contributed by atoms with Crippen molar-refractivity contribution in [2.45, 2.75) is 33.1 Å². The third-order valence-corrected chi connectivity index (χ3v) is 1.51. The van der Waals surface area contributed by atoms with E-state index in [1.54, 1.807) is 0 Å². The van der Waals surface area contributed by atoms with Gasteiger partial charge in [-0.3, -0.25) is 9.78 Å². The Balaban J connectivity index is 0.000000364. The fourth-order valence-electron chi connectivity index (χ4n) is 0.904. The van der Waals surface area contributed by atoms with Crippen LogP contribution in [0.5, 0.6) is 0 Å². The van der Waals surface area contributed by atoms with Gasteiger partial charge in [-0.25, -0.2) is 0 Å². The number of hydrogen-bond donors (Lipinski definition) is 1. The Bertz CT molecular complexity index is 243. The van der Waals surface area contributed by atoms with E-state index in [0.717, 1.165) is 13.3 Å². The Morgan fingerprint density at radius 2 is 2.14 bits per heavy atom. The van der Waals surface area contributed by atoms with Gasteiger partial charge < -0.3 is 5.11 Å². The van der Waals surface area contributed by atoms with Crippen molar-refractivity contribution in [3.05, 3.63) is 30.1 Å². The van der Waals surface area contributed by atoms with E-state index in [2.05, 4.69) is 18.0 Å². The van der Waals surface area contributed by atoms with Crippen LogP contribution in [0.2, 0.25) is 0 Å². The second kappa shape index (κ2) is 8.23. The molecule has 0 atom stereocenters. The molecule has 0 radical (unpaired) electrons. The van der Waals surface area contributed by atoms with Gasteiger partial charge in [-0.05, 0) is 25.0 Å². The number of carbonyl (C=O) groups is 1. The lowest BCUT2D eigenvalue weighted by atomic mass is 10.2. The molecule has 14 heavy (non-hydrogen) atoms. The summed E-state index contributed by atoms with van der Waals surface area (Å²) in [5, 5.41) is 7.42. The monoisotopic (exact) mass is 195 g/mol. The van der Waals surface area contributed by atoms with Gasteiger partial charge in [0.15, 0.2) is 0 Å². The maximum atomic E-state index is 9.00. The first kappa shape index (κ1) is 12.6. The Morgan fingerprint density at radius 3 is 2.57 bits per heavy atom. The standard InChI is InChI=1S/C9H13N.C2H4O2/c1-2-3-6-9-7-4-5-8-10-9;1-2(3)4/h4-5,7-8H,2-3,6H2,1H3;1H3,(H,3,4). The number of aliphatic carboxylic acids is 1. The molecule has 0 bridgehead atoms. The first-order valence-electron chi connectivity index (χ1n) is 4.76. The van der Waals surface area contributed by atoms with Crippen molar-refractivity contribution in [1.82, 2.24) is 4.98 Å². The van der Waals surface area contributed by atoms with Crippen LogP contribution in [0.15, 0.2) is 24.4 Å². The molecule has 0 fully saturated rings. The summed E-state index contributed by atoms with van der Waals surface area (Å²) in [7, 11) is 0. The highest BCUT2D eigenvalue weighted by molar-refractivity contribution is 5.62. The fraction of sp³-hybridized carbons (Fsp3) is 0.455. The lowest BCUT2D eigenvalue weighted by Crippen LogP contribution is -1.86. The van der Waals surface area contributed by atoms with Gasteiger partial charge in [-0.1, -0.05) is 19.4 Å². The molecule has 1 rings (SSSR count). The van der Waals surface area contributed by atoms with Crippen molar-refractivity contribution < 1.29 is 9.90 Å². The summed E-state index contributed by atoms with van der Waals surface area (Å²) in [4.78, 5) is 13.2. The van der Waals surface area contributed by atoms with Crippen LogP contribution in [0.4, 0.5) is 0 Å². The molecule has 1 heterocycles. The number of carboxylic acid groups (broad SMARTS) is 1. The molecule has 1 N–H and O–H groups in total. The van der Waals surface area contributed by atoms with Gasteiger partial charge in [0.2, 0.25) is 0 Å². The highest BCUT2D eigenvalue weighted by atomic mass is 16.4. The lowest BCUT2D eigenvalue weighted by molar-refractivity contribution is -0.134. The van der Waals surface area contributed by atoms with Crippen LogP contribution < -0.4 is 0 Å². The maximum Gasteiger partial charge on any atom is 0.300 e. The molecular weight excluding hydrogens is 178 g/mol. The van der Waals surface area contributed by atoms with Crippen LogP contribution in [0, 0.1) is 0 Å². The van der Waals surface area contributed by atoms with Crippen LogP contribution >= 0.6 is 0 Å². The second-order valence-electron chi connectivity index (χ2n) is 2.94. The summed E-state index contributed by atoms with van der Waals surface area (Å²) in [5.74, 6) is -0.833. The number of carboxylic acids is 1. The number of nitrogens with zero attached hydrogens (tertiary/aromatic N) is 1. The number of rotatable bonds is 3. The van der Waals surface area contributed by atoms with Crippen LogP contribution in [0.3, 0.4) is 0 Å². The number of aromatic nitrogens is 1. The molecule has 1 aromatic heterocycles. The Morgan fingerprint density at radius 1 is 1.50 bits per heavy atom. The zero-order valence-corrected chi connectivity index (χ0v) is 8.73. The SMILES string of the molecule is CC(=O)O.CCCCc1ccccn1. The minimum atomic E-state index is -0.833. The molecule has 0 aliphatic rings. The van der Waals surface area contributed by atoms with E-state index in [4.69, 9.17) is 9.90 Å². The van der Waals surface area contributed by atoms with Crippen molar-refractivity contribution >= 4 is 5.97 Å². The van der Waals surface area contributed by atoms with Crippen LogP contribution in [0.1, 0.15) is 32.4 Å². The molecule has 0 saturated heterocycles. The quantitative estimate of drug-likeness (QED) is 0.806. The molecule has 1 aromatic rings. The Hall–Kier alpha value is -1.38. The lowest BCUT2D eigenvalue weighted by Gasteiger charge is -1.95. The van der Waals surface area contributed by atoms with Gasteiger partial charge >= 0.3 is 0 Å². The molecule has 0 unspecified atom stereocenters. The smallest absolute Gasteiger partial charge is 0.300 e. The molecule has 78 valence electrons. The van der Waals surface area contributed by atoms with Crippen molar-refractivity contribution in [3.63, 3.8) is 0 Å². The molecule has 0 spiro atoms. The van der Waals surface area contributed by atoms with Gasteiger partial charge in [-0.2, -0.15) is 0 Å². The summed E-state index contributed by atoms with van der Waals surface area (Å²) < 4.78 is 0. The number of aryl methyl sites for hydroxylation is 1. The molecule has 3 heteroatoms. The molecule has 0 aliphatic carbocycles. The first-order valence-corrected chi connectivity index (χ1v) is 4.76. The Labute approximate surface area is 84.8 Å². The summed E-state index contributed by atoms with van der Waals surface area (Å²) in [6.07, 6.45) is 5.47. The predicted octanol–water partition coefficient (Wildman–Crippen LogP) is 2.52. The van der Waals surface area contributed by atoms with E-state index in [0.29, 0.717) is 0 Å². The van der Waals surface area contributed by atoms with Crippen LogP contribution in [-0.2, 0) is 11.2 Å². The van der Waals surface area contributed by atoms with E-state index in [-0.39, 0.29) is 0 Å². The molecule has 0 aliphatic heterocycles. The number of pyridine rings is 1. The minimum Gasteiger partial charge on any atom is -0.481 e. The molecule has 3 nitrogen and oxygen atoms in total. The average molecular weight is 195 g/mol. The average Bonchev–Trinajstić information content (AvgIpc) is 2.15. The topological polar surface area (TPSA) is 50.2 Å². The fourth-order valence-corrected chi connectivity index (χ4v) is 0.904. The third-order valence-electron chi connectivity index (χ3n) is 1.51. The van der Waals surface area contributed by atoms with E-state index in [1.807, 2.05) is 18.3 Å². The Kier molecular flexibility index (Phi) is 7.42. The summed E-state index contributed by atoms with van der Waals surface area (Å²) >= 11 is 0. The zero-order chi connectivity index (χ0) is 10.8. The zero-order valence-electron chi connectivity index (χ0n) is 8.73. The van der Waals surface area contributed by atoms with Crippen molar-refractivity contribution in [3.8, 4) is 0 Å². The molecular formula is C11H17NO2. The largest absolute Gasteiger partial charge is 0.481 e. The molecule has 0 amide bonds. The maximum absolute atomic E-state index is 9.00. The molecule has 0 saturated carbocycles.